The smallest absolute Gasteiger partial charge is 0.222 e. The molecule has 0 spiro atoms. The van der Waals surface area contributed by atoms with Crippen LogP contribution in [-0.2, 0) is 14.3 Å². The highest BCUT2D eigenvalue weighted by molar-refractivity contribution is 5.76. The van der Waals surface area contributed by atoms with Crippen molar-refractivity contribution in [3.8, 4) is 0 Å². The number of rotatable bonds is 5. The predicted molar refractivity (Wildman–Crippen MR) is 56.5 cm³/mol. The number of likely N-dealkylation sites (tertiary alicyclic amines) is 1. The number of carbonyl (C=O) groups excluding carboxylic acids is 1. The van der Waals surface area contributed by atoms with E-state index in [1.165, 1.54) is 0 Å². The van der Waals surface area contributed by atoms with Crippen molar-refractivity contribution in [2.24, 2.45) is 0 Å². The van der Waals surface area contributed by atoms with E-state index in [1.54, 1.807) is 19.1 Å². The van der Waals surface area contributed by atoms with Crippen molar-refractivity contribution < 1.29 is 14.3 Å². The fourth-order valence-corrected chi connectivity index (χ4v) is 1.70. The van der Waals surface area contributed by atoms with Crippen molar-refractivity contribution in [2.45, 2.75) is 25.2 Å². The van der Waals surface area contributed by atoms with Gasteiger partial charge in [-0.15, -0.1) is 0 Å². The molecule has 1 rings (SSSR count). The molecule has 1 aliphatic heterocycles. The zero-order chi connectivity index (χ0) is 11.3. The molecule has 1 atom stereocenters. The molecule has 0 aromatic heterocycles. The second kappa shape index (κ2) is 6.05. The van der Waals surface area contributed by atoms with Crippen LogP contribution >= 0.6 is 0 Å². The van der Waals surface area contributed by atoms with Gasteiger partial charge in [0.1, 0.15) is 0 Å². The summed E-state index contributed by atoms with van der Waals surface area (Å²) in [6, 6.07) is 0.348. The maximum absolute atomic E-state index is 11.2. The van der Waals surface area contributed by atoms with Crippen LogP contribution in [0, 0.1) is 0 Å². The van der Waals surface area contributed by atoms with Gasteiger partial charge in [0.2, 0.25) is 5.91 Å². The van der Waals surface area contributed by atoms with E-state index in [1.807, 2.05) is 7.05 Å². The molecule has 1 saturated heterocycles. The molecule has 1 unspecified atom stereocenters. The number of hydrogen-bond donors (Lipinski definition) is 1. The normalized spacial score (nSPS) is 22.5. The van der Waals surface area contributed by atoms with Crippen molar-refractivity contribution in [3.63, 3.8) is 0 Å². The summed E-state index contributed by atoms with van der Waals surface area (Å²) < 4.78 is 10.1. The molecule has 0 radical (unpaired) electrons. The summed E-state index contributed by atoms with van der Waals surface area (Å²) in [5.74, 6) is 0.225. The van der Waals surface area contributed by atoms with Crippen LogP contribution in [0.15, 0.2) is 0 Å². The Balaban J connectivity index is 2.25. The Morgan fingerprint density at radius 3 is 2.73 bits per heavy atom. The van der Waals surface area contributed by atoms with E-state index in [0.717, 1.165) is 13.0 Å². The lowest BCUT2D eigenvalue weighted by Crippen LogP contribution is -2.48. The number of piperidine rings is 1. The van der Waals surface area contributed by atoms with Crippen molar-refractivity contribution in [2.75, 3.05) is 34.4 Å². The Morgan fingerprint density at radius 2 is 2.20 bits per heavy atom. The fourth-order valence-electron chi connectivity index (χ4n) is 1.70. The van der Waals surface area contributed by atoms with E-state index in [0.29, 0.717) is 19.0 Å². The summed E-state index contributed by atoms with van der Waals surface area (Å²) >= 11 is 0. The second-order valence-corrected chi connectivity index (χ2v) is 3.82. The molecule has 15 heavy (non-hydrogen) atoms. The van der Waals surface area contributed by atoms with Gasteiger partial charge in [-0.1, -0.05) is 0 Å². The molecule has 0 saturated carbocycles. The highest BCUT2D eigenvalue weighted by atomic mass is 16.7. The maximum Gasteiger partial charge on any atom is 0.222 e. The number of amides is 1. The van der Waals surface area contributed by atoms with E-state index < -0.39 is 0 Å². The lowest BCUT2D eigenvalue weighted by atomic mass is 10.1. The Kier molecular flexibility index (Phi) is 5.01. The molecule has 1 amide bonds. The zero-order valence-corrected chi connectivity index (χ0v) is 9.66. The van der Waals surface area contributed by atoms with Gasteiger partial charge in [-0.05, 0) is 6.42 Å². The van der Waals surface area contributed by atoms with Crippen LogP contribution in [0.1, 0.15) is 12.8 Å². The van der Waals surface area contributed by atoms with Crippen LogP contribution in [0.4, 0.5) is 0 Å². The van der Waals surface area contributed by atoms with Gasteiger partial charge >= 0.3 is 0 Å². The van der Waals surface area contributed by atoms with E-state index >= 15 is 0 Å². The molecule has 1 fully saturated rings. The Labute approximate surface area is 90.7 Å². The average molecular weight is 216 g/mol. The maximum atomic E-state index is 11.2. The van der Waals surface area contributed by atoms with Gasteiger partial charge in [-0.25, -0.2) is 0 Å². The third-order valence-electron chi connectivity index (χ3n) is 2.73. The number of likely N-dealkylation sites (N-methyl/N-ethyl adjacent to an activating group) is 1. The number of nitrogens with one attached hydrogen (secondary N) is 1. The van der Waals surface area contributed by atoms with Crippen molar-refractivity contribution in [1.29, 1.82) is 0 Å². The van der Waals surface area contributed by atoms with Crippen LogP contribution in [-0.4, -0.2) is 57.5 Å². The van der Waals surface area contributed by atoms with E-state index in [2.05, 4.69) is 5.32 Å². The summed E-state index contributed by atoms with van der Waals surface area (Å²) in [6.07, 6.45) is 1.30. The molecule has 5 nitrogen and oxygen atoms in total. The highest BCUT2D eigenvalue weighted by Gasteiger charge is 2.22. The summed E-state index contributed by atoms with van der Waals surface area (Å²) in [7, 11) is 5.07. The Morgan fingerprint density at radius 1 is 1.53 bits per heavy atom. The third-order valence-corrected chi connectivity index (χ3v) is 2.73. The first kappa shape index (κ1) is 12.4. The lowest BCUT2D eigenvalue weighted by molar-refractivity contribution is -0.132. The van der Waals surface area contributed by atoms with Crippen molar-refractivity contribution in [3.05, 3.63) is 0 Å². The molecule has 88 valence electrons. The minimum Gasteiger partial charge on any atom is -0.355 e. The quantitative estimate of drug-likeness (QED) is 0.647. The number of carbonyl (C=O) groups is 1. The molecular weight excluding hydrogens is 196 g/mol. The minimum absolute atomic E-state index is 0.215. The molecule has 0 aromatic rings. The second-order valence-electron chi connectivity index (χ2n) is 3.82. The summed E-state index contributed by atoms with van der Waals surface area (Å²) in [6.45, 7) is 1.42. The van der Waals surface area contributed by atoms with Crippen molar-refractivity contribution >= 4 is 5.91 Å². The average Bonchev–Trinajstić information content (AvgIpc) is 2.24. The number of hydrogen-bond acceptors (Lipinski definition) is 4. The standard InChI is InChI=1S/C10H20N2O3/c1-12-7-8(4-5-9(12)13)11-6-10(14-2)15-3/h8,10-11H,4-7H2,1-3H3. The van der Waals surface area contributed by atoms with Gasteiger partial charge < -0.3 is 19.7 Å². The molecule has 1 heterocycles. The van der Waals surface area contributed by atoms with Crippen LogP contribution in [0.2, 0.25) is 0 Å². The third kappa shape index (κ3) is 3.77. The molecule has 0 bridgehead atoms. The van der Waals surface area contributed by atoms with Gasteiger partial charge in [-0.2, -0.15) is 0 Å². The highest BCUT2D eigenvalue weighted by Crippen LogP contribution is 2.09. The van der Waals surface area contributed by atoms with Crippen LogP contribution in [0.3, 0.4) is 0 Å². The van der Waals surface area contributed by atoms with Crippen molar-refractivity contribution in [1.82, 2.24) is 10.2 Å². The number of ether oxygens (including phenoxy) is 2. The van der Waals surface area contributed by atoms with E-state index in [-0.39, 0.29) is 12.2 Å². The Bertz CT molecular complexity index is 207. The Hall–Kier alpha value is -0.650. The number of nitrogens with zero attached hydrogens (tertiary/aromatic N) is 1. The summed E-state index contributed by atoms with van der Waals surface area (Å²) in [4.78, 5) is 13.0. The largest absolute Gasteiger partial charge is 0.355 e. The van der Waals surface area contributed by atoms with Crippen LogP contribution in [0.25, 0.3) is 0 Å². The fraction of sp³-hybridized carbons (Fsp3) is 0.900. The predicted octanol–water partition coefficient (Wildman–Crippen LogP) is -0.184. The molecule has 0 aromatic carbocycles. The monoisotopic (exact) mass is 216 g/mol. The molecule has 5 heteroatoms. The zero-order valence-electron chi connectivity index (χ0n) is 9.66. The van der Waals surface area contributed by atoms with Gasteiger partial charge in [0.05, 0.1) is 0 Å². The van der Waals surface area contributed by atoms with Crippen LogP contribution in [0.5, 0.6) is 0 Å². The van der Waals surface area contributed by atoms with Crippen LogP contribution < -0.4 is 5.32 Å². The SMILES string of the molecule is COC(CNC1CCC(=O)N(C)C1)OC. The van der Waals surface area contributed by atoms with Gasteiger partial charge in [0.25, 0.3) is 0 Å². The lowest BCUT2D eigenvalue weighted by Gasteiger charge is -2.31. The first-order chi connectivity index (χ1) is 7.17. The summed E-state index contributed by atoms with van der Waals surface area (Å²) in [5.41, 5.74) is 0. The molecule has 1 aliphatic rings. The first-order valence-corrected chi connectivity index (χ1v) is 5.20. The molecular formula is C10H20N2O3. The van der Waals surface area contributed by atoms with Gasteiger partial charge in [0.15, 0.2) is 6.29 Å². The first-order valence-electron chi connectivity index (χ1n) is 5.20. The van der Waals surface area contributed by atoms with E-state index in [4.69, 9.17) is 9.47 Å². The molecule has 0 aliphatic carbocycles. The summed E-state index contributed by atoms with van der Waals surface area (Å²) in [5, 5.41) is 3.33. The van der Waals surface area contributed by atoms with E-state index in [9.17, 15) is 4.79 Å². The molecule has 1 N–H and O–H groups in total. The topological polar surface area (TPSA) is 50.8 Å². The number of methoxy groups -OCH3 is 2. The van der Waals surface area contributed by atoms with Gasteiger partial charge in [-0.3, -0.25) is 4.79 Å². The minimum atomic E-state index is -0.215. The van der Waals surface area contributed by atoms with Gasteiger partial charge in [0, 0.05) is 46.8 Å².